The van der Waals surface area contributed by atoms with E-state index in [2.05, 4.69) is 5.32 Å². The number of halogens is 2. The molecule has 0 fully saturated rings. The molecule has 1 aromatic rings. The molecule has 3 nitrogen and oxygen atoms in total. The molecule has 0 radical (unpaired) electrons. The summed E-state index contributed by atoms with van der Waals surface area (Å²) in [4.78, 5) is 11.5. The van der Waals surface area contributed by atoms with Crippen LogP contribution in [0.25, 0.3) is 0 Å². The maximum absolute atomic E-state index is 12.8. The Morgan fingerprint density at radius 2 is 2.31 bits per heavy atom. The minimum Gasteiger partial charge on any atom is -0.391 e. The van der Waals surface area contributed by atoms with Crippen molar-refractivity contribution in [3.63, 3.8) is 0 Å². The molecule has 2 N–H and O–H groups in total. The molecule has 16 heavy (non-hydrogen) atoms. The molecule has 0 bridgehead atoms. The molecule has 1 aromatic carbocycles. The molecule has 5 heteroatoms. The highest BCUT2D eigenvalue weighted by molar-refractivity contribution is 6.31. The SMILES string of the molecule is CCC(O)CNC(=O)c1ccc(F)c(Cl)c1. The van der Waals surface area contributed by atoms with Crippen molar-refractivity contribution >= 4 is 17.5 Å². The van der Waals surface area contributed by atoms with Crippen LogP contribution in [0.5, 0.6) is 0 Å². The van der Waals surface area contributed by atoms with Gasteiger partial charge in [0, 0.05) is 12.1 Å². The van der Waals surface area contributed by atoms with Crippen molar-refractivity contribution in [1.82, 2.24) is 5.32 Å². The number of aliphatic hydroxyl groups is 1. The average molecular weight is 246 g/mol. The molecule has 0 heterocycles. The predicted molar refractivity (Wildman–Crippen MR) is 60.0 cm³/mol. The Labute approximate surface area is 98.2 Å². The average Bonchev–Trinajstić information content (AvgIpc) is 2.29. The van der Waals surface area contributed by atoms with Crippen LogP contribution in [0.2, 0.25) is 5.02 Å². The molecular weight excluding hydrogens is 233 g/mol. The summed E-state index contributed by atoms with van der Waals surface area (Å²) in [6.45, 7) is 1.98. The number of carbonyl (C=O) groups excluding carboxylic acids is 1. The molecule has 1 amide bonds. The van der Waals surface area contributed by atoms with Crippen LogP contribution in [0.15, 0.2) is 18.2 Å². The van der Waals surface area contributed by atoms with Gasteiger partial charge >= 0.3 is 0 Å². The molecule has 0 aliphatic carbocycles. The second-order valence-electron chi connectivity index (χ2n) is 3.40. The summed E-state index contributed by atoms with van der Waals surface area (Å²) in [5.41, 5.74) is 0.273. The lowest BCUT2D eigenvalue weighted by molar-refractivity contribution is 0.0914. The zero-order valence-electron chi connectivity index (χ0n) is 8.84. The van der Waals surface area contributed by atoms with Crippen LogP contribution < -0.4 is 5.32 Å². The summed E-state index contributed by atoms with van der Waals surface area (Å²) >= 11 is 5.54. The highest BCUT2D eigenvalue weighted by Gasteiger charge is 2.09. The van der Waals surface area contributed by atoms with E-state index in [1.807, 2.05) is 6.92 Å². The van der Waals surface area contributed by atoms with Gasteiger partial charge in [0.25, 0.3) is 5.91 Å². The van der Waals surface area contributed by atoms with Crippen molar-refractivity contribution in [2.45, 2.75) is 19.4 Å². The Morgan fingerprint density at radius 3 is 2.88 bits per heavy atom. The molecule has 1 unspecified atom stereocenters. The molecule has 0 aliphatic heterocycles. The Morgan fingerprint density at radius 1 is 1.62 bits per heavy atom. The molecule has 0 aliphatic rings. The lowest BCUT2D eigenvalue weighted by Crippen LogP contribution is -2.31. The first-order chi connectivity index (χ1) is 7.54. The van der Waals surface area contributed by atoms with E-state index in [1.165, 1.54) is 12.1 Å². The van der Waals surface area contributed by atoms with Crippen LogP contribution in [0.4, 0.5) is 4.39 Å². The maximum Gasteiger partial charge on any atom is 0.251 e. The van der Waals surface area contributed by atoms with E-state index in [0.29, 0.717) is 6.42 Å². The predicted octanol–water partition coefficient (Wildman–Crippen LogP) is 1.98. The number of hydrogen-bond acceptors (Lipinski definition) is 2. The van der Waals surface area contributed by atoms with Crippen LogP contribution >= 0.6 is 11.6 Å². The van der Waals surface area contributed by atoms with Gasteiger partial charge in [-0.3, -0.25) is 4.79 Å². The molecule has 0 saturated heterocycles. The fourth-order valence-electron chi connectivity index (χ4n) is 1.09. The van der Waals surface area contributed by atoms with Crippen molar-refractivity contribution in [3.05, 3.63) is 34.6 Å². The van der Waals surface area contributed by atoms with Crippen molar-refractivity contribution in [2.24, 2.45) is 0 Å². The van der Waals surface area contributed by atoms with Crippen LogP contribution in [-0.4, -0.2) is 23.7 Å². The third-order valence-electron chi connectivity index (χ3n) is 2.15. The van der Waals surface area contributed by atoms with E-state index in [9.17, 15) is 14.3 Å². The maximum atomic E-state index is 12.8. The molecule has 0 saturated carbocycles. The quantitative estimate of drug-likeness (QED) is 0.852. The number of carbonyl (C=O) groups is 1. The zero-order valence-corrected chi connectivity index (χ0v) is 9.59. The lowest BCUT2D eigenvalue weighted by atomic mass is 10.2. The van der Waals surface area contributed by atoms with Gasteiger partial charge in [-0.15, -0.1) is 0 Å². The van der Waals surface area contributed by atoms with E-state index in [1.54, 1.807) is 0 Å². The largest absolute Gasteiger partial charge is 0.391 e. The van der Waals surface area contributed by atoms with Crippen LogP contribution in [0.1, 0.15) is 23.7 Å². The third-order valence-corrected chi connectivity index (χ3v) is 2.44. The fraction of sp³-hybridized carbons (Fsp3) is 0.364. The standard InChI is InChI=1S/C11H13ClFNO2/c1-2-8(15)6-14-11(16)7-3-4-10(13)9(12)5-7/h3-5,8,15H,2,6H2,1H3,(H,14,16). The van der Waals surface area contributed by atoms with E-state index in [0.717, 1.165) is 6.07 Å². The van der Waals surface area contributed by atoms with E-state index in [-0.39, 0.29) is 23.0 Å². The second-order valence-corrected chi connectivity index (χ2v) is 3.81. The molecule has 1 atom stereocenters. The normalized spacial score (nSPS) is 12.2. The minimum atomic E-state index is -0.570. The fourth-order valence-corrected chi connectivity index (χ4v) is 1.27. The van der Waals surface area contributed by atoms with Crippen molar-refractivity contribution in [3.8, 4) is 0 Å². The summed E-state index contributed by atoms with van der Waals surface area (Å²) in [5.74, 6) is -0.943. The minimum absolute atomic E-state index is 0.0938. The van der Waals surface area contributed by atoms with Gasteiger partial charge < -0.3 is 10.4 Å². The third kappa shape index (κ3) is 3.47. The number of benzene rings is 1. The number of hydrogen-bond donors (Lipinski definition) is 2. The van der Waals surface area contributed by atoms with Gasteiger partial charge in [0.15, 0.2) is 0 Å². The number of amides is 1. The van der Waals surface area contributed by atoms with E-state index in [4.69, 9.17) is 11.6 Å². The van der Waals surface area contributed by atoms with Crippen molar-refractivity contribution in [1.29, 1.82) is 0 Å². The van der Waals surface area contributed by atoms with E-state index < -0.39 is 11.9 Å². The van der Waals surface area contributed by atoms with Crippen LogP contribution in [0.3, 0.4) is 0 Å². The van der Waals surface area contributed by atoms with Gasteiger partial charge in [0.2, 0.25) is 0 Å². The summed E-state index contributed by atoms with van der Waals surface area (Å²) in [5, 5.41) is 11.7. The second kappa shape index (κ2) is 5.82. The first kappa shape index (κ1) is 12.9. The highest BCUT2D eigenvalue weighted by atomic mass is 35.5. The van der Waals surface area contributed by atoms with Gasteiger partial charge in [-0.1, -0.05) is 18.5 Å². The Hall–Kier alpha value is -1.13. The summed E-state index contributed by atoms with van der Waals surface area (Å²) in [6, 6.07) is 3.73. The van der Waals surface area contributed by atoms with Gasteiger partial charge in [-0.2, -0.15) is 0 Å². The van der Waals surface area contributed by atoms with Crippen molar-refractivity contribution < 1.29 is 14.3 Å². The molecule has 0 spiro atoms. The molecule has 0 aromatic heterocycles. The first-order valence-electron chi connectivity index (χ1n) is 4.96. The monoisotopic (exact) mass is 245 g/mol. The van der Waals surface area contributed by atoms with E-state index >= 15 is 0 Å². The zero-order chi connectivity index (χ0) is 12.1. The van der Waals surface area contributed by atoms with Gasteiger partial charge in [0.1, 0.15) is 5.82 Å². The van der Waals surface area contributed by atoms with Gasteiger partial charge in [-0.25, -0.2) is 4.39 Å². The smallest absolute Gasteiger partial charge is 0.251 e. The Bertz CT molecular complexity index is 384. The number of nitrogens with one attached hydrogen (secondary N) is 1. The van der Waals surface area contributed by atoms with Crippen LogP contribution in [-0.2, 0) is 0 Å². The Balaban J connectivity index is 2.63. The summed E-state index contributed by atoms with van der Waals surface area (Å²) in [7, 11) is 0. The van der Waals surface area contributed by atoms with Crippen molar-refractivity contribution in [2.75, 3.05) is 6.54 Å². The molecular formula is C11H13ClFNO2. The molecule has 88 valence electrons. The van der Waals surface area contributed by atoms with Gasteiger partial charge in [-0.05, 0) is 24.6 Å². The first-order valence-corrected chi connectivity index (χ1v) is 5.33. The topological polar surface area (TPSA) is 49.3 Å². The summed E-state index contributed by atoms with van der Waals surface area (Å²) in [6.07, 6.45) is -0.00959. The number of rotatable bonds is 4. The summed E-state index contributed by atoms with van der Waals surface area (Å²) < 4.78 is 12.8. The highest BCUT2D eigenvalue weighted by Crippen LogP contribution is 2.15. The number of aliphatic hydroxyl groups excluding tert-OH is 1. The lowest BCUT2D eigenvalue weighted by Gasteiger charge is -2.09. The molecule has 1 rings (SSSR count). The van der Waals surface area contributed by atoms with Gasteiger partial charge in [0.05, 0.1) is 11.1 Å². The van der Waals surface area contributed by atoms with Crippen LogP contribution in [0, 0.1) is 5.82 Å². The Kier molecular flexibility index (Phi) is 4.71.